The van der Waals surface area contributed by atoms with Gasteiger partial charge in [-0.3, -0.25) is 4.57 Å². The van der Waals surface area contributed by atoms with Gasteiger partial charge < -0.3 is 23.0 Å². The molecule has 5 aromatic heterocycles. The van der Waals surface area contributed by atoms with Crippen LogP contribution in [-0.2, 0) is 28.1 Å². The summed E-state index contributed by atoms with van der Waals surface area (Å²) in [6, 6.07) is 79.3. The Morgan fingerprint density at radius 1 is 0.493 bits per heavy atom. The van der Waals surface area contributed by atoms with Crippen LogP contribution in [0.15, 0.2) is 225 Å². The minimum Gasteiger partial charge on any atom is -0.510 e. The van der Waals surface area contributed by atoms with E-state index in [1.165, 1.54) is 16.3 Å². The summed E-state index contributed by atoms with van der Waals surface area (Å²) in [5, 5.41) is 6.88. The fourth-order valence-electron chi connectivity index (χ4n) is 10.8. The number of para-hydroxylation sites is 4. The minimum absolute atomic E-state index is 0. The molecule has 0 spiro atoms. The van der Waals surface area contributed by atoms with E-state index in [9.17, 15) is 0 Å². The summed E-state index contributed by atoms with van der Waals surface area (Å²) in [6.07, 6.45) is 9.54. The smallest absolute Gasteiger partial charge is 0.267 e. The quantitative estimate of drug-likeness (QED) is 0.112. The minimum atomic E-state index is 0. The molecule has 7 nitrogen and oxygen atoms in total. The normalized spacial score (nSPS) is 11.6. The molecular weight excluding hydrogens is 1050 g/mol. The van der Waals surface area contributed by atoms with Crippen LogP contribution in [0.4, 0.5) is 0 Å². The van der Waals surface area contributed by atoms with Crippen LogP contribution in [0.25, 0.3) is 111 Å². The van der Waals surface area contributed by atoms with Gasteiger partial charge in [0.25, 0.3) is 6.33 Å². The van der Waals surface area contributed by atoms with Crippen molar-refractivity contribution < 1.29 is 30.4 Å². The fourth-order valence-corrected chi connectivity index (χ4v) is 10.8. The molecule has 0 unspecified atom stereocenters. The van der Waals surface area contributed by atoms with Crippen LogP contribution >= 0.6 is 0 Å². The van der Waals surface area contributed by atoms with Gasteiger partial charge in [0.1, 0.15) is 5.82 Å². The number of hydrogen-bond acceptors (Lipinski definition) is 2. The van der Waals surface area contributed by atoms with E-state index in [0.717, 1.165) is 94.3 Å². The van der Waals surface area contributed by atoms with E-state index in [4.69, 9.17) is 9.72 Å². The zero-order chi connectivity index (χ0) is 46.3. The molecule has 0 aliphatic carbocycles. The number of ether oxygens (including phenoxy) is 1. The van der Waals surface area contributed by atoms with E-state index >= 15 is 0 Å². The SMILES string of the molecule is Cn1c2ccccc2c2c3c4ccc(Oc5[c-]c(-[n+]6[c-]n(-c7c(-c8ccccc8)cccc7-c7ccccc7)cc6)ccc5)[c-]c4n(-c4ccccn4)c3c3c4ccccc4n(-c4ccccc4)c3c21.[Pt]. The monoisotopic (exact) mass is 1090 g/mol. The number of nitrogens with zero attached hydrogens (tertiary/aromatic N) is 6. The Bertz CT molecular complexity index is 4270. The third-order valence-corrected chi connectivity index (χ3v) is 13.7. The van der Waals surface area contributed by atoms with Crippen molar-refractivity contribution in [2.75, 3.05) is 0 Å². The zero-order valence-electron chi connectivity index (χ0n) is 38.3. The maximum absolute atomic E-state index is 6.78. The molecule has 14 aromatic rings. The number of aromatic nitrogens is 6. The van der Waals surface area contributed by atoms with E-state index in [-0.39, 0.29) is 21.1 Å². The van der Waals surface area contributed by atoms with Crippen molar-refractivity contribution in [1.82, 2.24) is 23.3 Å². The number of imidazole rings is 1. The molecule has 0 bridgehead atoms. The summed E-state index contributed by atoms with van der Waals surface area (Å²) >= 11 is 0. The molecule has 0 fully saturated rings. The summed E-state index contributed by atoms with van der Waals surface area (Å²) in [5.41, 5.74) is 13.9. The van der Waals surface area contributed by atoms with Crippen LogP contribution in [0.5, 0.6) is 11.5 Å². The second-order valence-corrected chi connectivity index (χ2v) is 17.6. The van der Waals surface area contributed by atoms with Gasteiger partial charge in [0.05, 0.1) is 27.8 Å². The van der Waals surface area contributed by atoms with Crippen LogP contribution in [0.3, 0.4) is 0 Å². The van der Waals surface area contributed by atoms with Crippen LogP contribution in [0.2, 0.25) is 0 Å². The molecule has 0 atom stereocenters. The van der Waals surface area contributed by atoms with Crippen molar-refractivity contribution in [2.24, 2.45) is 7.05 Å². The Kier molecular flexibility index (Phi) is 10.2. The van der Waals surface area contributed by atoms with Crippen molar-refractivity contribution >= 4 is 65.4 Å². The predicted molar refractivity (Wildman–Crippen MR) is 282 cm³/mol. The Labute approximate surface area is 423 Å². The number of rotatable bonds is 8. The van der Waals surface area contributed by atoms with Crippen molar-refractivity contribution in [2.45, 2.75) is 0 Å². The first-order valence-electron chi connectivity index (χ1n) is 23.4. The number of benzene rings is 9. The average molecular weight is 1090 g/mol. The maximum atomic E-state index is 6.78. The maximum Gasteiger partial charge on any atom is 0.267 e. The largest absolute Gasteiger partial charge is 0.510 e. The van der Waals surface area contributed by atoms with E-state index in [0.29, 0.717) is 11.5 Å². The first-order valence-corrected chi connectivity index (χ1v) is 23.4. The summed E-state index contributed by atoms with van der Waals surface area (Å²) in [6.45, 7) is 0. The molecule has 0 radical (unpaired) electrons. The molecule has 0 saturated heterocycles. The Balaban J connectivity index is 0.00000492. The van der Waals surface area contributed by atoms with Crippen LogP contribution in [-0.4, -0.2) is 23.3 Å². The number of aryl methyl sites for hydroxylation is 1. The molecular formula is C63H40N6OPt-2. The standard InChI is InChI=1S/C63H40N6O.Pt/c1-65-53-31-13-11-27-50(53)58-57-52-35-34-47(40-55(52)69(56-33-15-16-36-64-56)61(57)59-51-28-12-14-32-54(51)68(63(59)62(58)65)44-23-9-4-10-24-44)70-46-26-17-25-45(39-46)66-37-38-67(41-66)60-48(42-19-5-2-6-20-42)29-18-30-49(60)43-21-7-3-8-22-43;/h2-38H,1H3;/q-2;. The van der Waals surface area contributed by atoms with Crippen LogP contribution < -0.4 is 9.30 Å². The summed E-state index contributed by atoms with van der Waals surface area (Å²) < 4.78 is 17.9. The van der Waals surface area contributed by atoms with Crippen molar-refractivity contribution in [1.29, 1.82) is 0 Å². The average Bonchev–Trinajstić information content (AvgIpc) is 4.20. The molecule has 14 rings (SSSR count). The predicted octanol–water partition coefficient (Wildman–Crippen LogP) is 14.5. The molecule has 9 aromatic carbocycles. The van der Waals surface area contributed by atoms with E-state index in [2.05, 4.69) is 208 Å². The first-order chi connectivity index (χ1) is 34.7. The van der Waals surface area contributed by atoms with Crippen LogP contribution in [0.1, 0.15) is 0 Å². The number of pyridine rings is 1. The Hall–Kier alpha value is -8.77. The summed E-state index contributed by atoms with van der Waals surface area (Å²) in [5.74, 6) is 1.91. The molecule has 0 aliphatic rings. The van der Waals surface area contributed by atoms with Gasteiger partial charge in [0, 0.05) is 91.0 Å². The van der Waals surface area contributed by atoms with Gasteiger partial charge in [-0.05, 0) is 69.7 Å². The molecule has 0 amide bonds. The molecule has 0 aliphatic heterocycles. The van der Waals surface area contributed by atoms with Gasteiger partial charge in [-0.1, -0.05) is 145 Å². The Morgan fingerprint density at radius 2 is 1.11 bits per heavy atom. The summed E-state index contributed by atoms with van der Waals surface area (Å²) in [7, 11) is 2.19. The molecule has 5 heterocycles. The fraction of sp³-hybridized carbons (Fsp3) is 0.0159. The molecule has 71 heavy (non-hydrogen) atoms. The number of fused-ring (bicyclic) bond motifs is 12. The topological polar surface area (TPSA) is 45.7 Å². The van der Waals surface area contributed by atoms with Crippen LogP contribution in [0, 0.1) is 18.5 Å². The number of hydrogen-bond donors (Lipinski definition) is 0. The van der Waals surface area contributed by atoms with Gasteiger partial charge in [-0.15, -0.1) is 29.7 Å². The van der Waals surface area contributed by atoms with E-state index in [1.54, 1.807) is 0 Å². The van der Waals surface area contributed by atoms with Crippen molar-refractivity contribution in [3.05, 3.63) is 243 Å². The molecule has 8 heteroatoms. The zero-order valence-corrected chi connectivity index (χ0v) is 40.5. The van der Waals surface area contributed by atoms with Gasteiger partial charge in [0.2, 0.25) is 0 Å². The molecule has 0 saturated carbocycles. The Morgan fingerprint density at radius 3 is 1.83 bits per heavy atom. The summed E-state index contributed by atoms with van der Waals surface area (Å²) in [4.78, 5) is 5.02. The van der Waals surface area contributed by atoms with Crippen molar-refractivity contribution in [3.63, 3.8) is 0 Å². The van der Waals surface area contributed by atoms with Crippen molar-refractivity contribution in [3.8, 4) is 56.6 Å². The van der Waals surface area contributed by atoms with E-state index < -0.39 is 0 Å². The first kappa shape index (κ1) is 42.3. The third-order valence-electron chi connectivity index (χ3n) is 13.7. The second kappa shape index (κ2) is 17.0. The van der Waals surface area contributed by atoms with Gasteiger partial charge in [-0.25, -0.2) is 4.98 Å². The van der Waals surface area contributed by atoms with Gasteiger partial charge in [0.15, 0.2) is 0 Å². The molecule has 340 valence electrons. The van der Waals surface area contributed by atoms with Gasteiger partial charge >= 0.3 is 0 Å². The third kappa shape index (κ3) is 6.69. The van der Waals surface area contributed by atoms with Gasteiger partial charge in [-0.2, -0.15) is 18.2 Å². The second-order valence-electron chi connectivity index (χ2n) is 17.6. The molecule has 0 N–H and O–H groups in total. The van der Waals surface area contributed by atoms with E-state index in [1.807, 2.05) is 65.5 Å².